The smallest absolute Gasteiger partial charge is 0.185 e. The summed E-state index contributed by atoms with van der Waals surface area (Å²) in [5.74, 6) is 0.413. The normalized spacial score (nSPS) is 19.8. The molecule has 0 spiro atoms. The lowest BCUT2D eigenvalue weighted by Gasteiger charge is -2.22. The molecule has 1 saturated carbocycles. The number of hydrogen-bond donors (Lipinski definition) is 0. The van der Waals surface area contributed by atoms with E-state index in [0.717, 1.165) is 46.5 Å². The molecule has 2 heterocycles. The van der Waals surface area contributed by atoms with Crippen molar-refractivity contribution in [2.24, 2.45) is 20.0 Å². The van der Waals surface area contributed by atoms with E-state index in [1.165, 1.54) is 0 Å². The third kappa shape index (κ3) is 3.32. The number of nitrogens with zero attached hydrogens (tertiary/aromatic N) is 4. The maximum absolute atomic E-state index is 13.1. The Morgan fingerprint density at radius 2 is 1.32 bits per heavy atom. The Labute approximate surface area is 165 Å². The molecule has 28 heavy (non-hydrogen) atoms. The largest absolute Gasteiger partial charge is 0.339 e. The molecule has 0 N–H and O–H groups in total. The minimum atomic E-state index is 0.0571. The van der Waals surface area contributed by atoms with Crippen molar-refractivity contribution in [1.29, 1.82) is 10.5 Å². The van der Waals surface area contributed by atoms with Crippen LogP contribution < -0.4 is 0 Å². The monoisotopic (exact) mass is 372 g/mol. The average molecular weight is 372 g/mol. The van der Waals surface area contributed by atoms with Crippen LogP contribution in [0.15, 0.2) is 23.3 Å². The van der Waals surface area contributed by atoms with E-state index >= 15 is 0 Å². The second kappa shape index (κ2) is 7.37. The lowest BCUT2D eigenvalue weighted by Crippen LogP contribution is -2.18. The first-order valence-electron chi connectivity index (χ1n) is 9.35. The van der Waals surface area contributed by atoms with Crippen LogP contribution in [0.2, 0.25) is 0 Å². The molecule has 0 amide bonds. The third-order valence-corrected chi connectivity index (χ3v) is 5.76. The molecule has 1 aliphatic carbocycles. The van der Waals surface area contributed by atoms with Gasteiger partial charge in [0.2, 0.25) is 0 Å². The highest BCUT2D eigenvalue weighted by atomic mass is 16.1. The van der Waals surface area contributed by atoms with Crippen molar-refractivity contribution in [2.75, 3.05) is 0 Å². The number of Topliss-reactive ketones (excluding diaryl/α,β-unsaturated/α-hetero) is 1. The van der Waals surface area contributed by atoms with Crippen LogP contribution in [-0.2, 0) is 18.9 Å². The quantitative estimate of drug-likeness (QED) is 0.742. The van der Waals surface area contributed by atoms with Gasteiger partial charge in [0.25, 0.3) is 0 Å². The Morgan fingerprint density at radius 3 is 1.64 bits per heavy atom. The zero-order valence-electron chi connectivity index (χ0n) is 17.0. The van der Waals surface area contributed by atoms with E-state index in [1.54, 1.807) is 0 Å². The molecule has 0 saturated heterocycles. The van der Waals surface area contributed by atoms with Crippen molar-refractivity contribution in [2.45, 2.75) is 33.6 Å². The highest BCUT2D eigenvalue weighted by Gasteiger charge is 2.26. The summed E-state index contributed by atoms with van der Waals surface area (Å²) in [5, 5.41) is 18.5. The molecule has 3 rings (SSSR count). The fourth-order valence-corrected chi connectivity index (χ4v) is 3.79. The average Bonchev–Trinajstić information content (AvgIpc) is 3.10. The number of carbonyl (C=O) groups excluding carboxylic acids is 1. The second-order valence-electron chi connectivity index (χ2n) is 7.66. The summed E-state index contributed by atoms with van der Waals surface area (Å²) in [6, 6.07) is 8.03. The summed E-state index contributed by atoms with van der Waals surface area (Å²) in [4.78, 5) is 13.1. The van der Waals surface area contributed by atoms with E-state index in [9.17, 15) is 15.3 Å². The van der Waals surface area contributed by atoms with Gasteiger partial charge in [0.15, 0.2) is 5.78 Å². The van der Waals surface area contributed by atoms with Crippen molar-refractivity contribution in [3.05, 3.63) is 57.2 Å². The highest BCUT2D eigenvalue weighted by molar-refractivity contribution is 6.14. The van der Waals surface area contributed by atoms with Gasteiger partial charge in [-0.15, -0.1) is 0 Å². The number of hydrogen-bond acceptors (Lipinski definition) is 3. The van der Waals surface area contributed by atoms with Gasteiger partial charge in [-0.1, -0.05) is 6.92 Å². The molecular formula is C23H24N4O. The van der Waals surface area contributed by atoms with Crippen LogP contribution in [0.1, 0.15) is 53.7 Å². The van der Waals surface area contributed by atoms with E-state index in [4.69, 9.17) is 0 Å². The van der Waals surface area contributed by atoms with Crippen LogP contribution in [0.4, 0.5) is 0 Å². The van der Waals surface area contributed by atoms with Crippen molar-refractivity contribution >= 4 is 17.9 Å². The van der Waals surface area contributed by atoms with E-state index < -0.39 is 0 Å². The lowest BCUT2D eigenvalue weighted by atomic mass is 9.81. The third-order valence-electron chi connectivity index (χ3n) is 5.76. The van der Waals surface area contributed by atoms with Gasteiger partial charge in [-0.3, -0.25) is 4.79 Å². The van der Waals surface area contributed by atoms with E-state index in [0.29, 0.717) is 17.3 Å². The van der Waals surface area contributed by atoms with Crippen LogP contribution >= 0.6 is 0 Å². The van der Waals surface area contributed by atoms with Gasteiger partial charge in [0.05, 0.1) is 0 Å². The zero-order valence-corrected chi connectivity index (χ0v) is 17.0. The van der Waals surface area contributed by atoms with Crippen molar-refractivity contribution in [1.82, 2.24) is 9.13 Å². The number of ketones is 1. The number of carbonyl (C=O) groups is 1. The summed E-state index contributed by atoms with van der Waals surface area (Å²) < 4.78 is 3.69. The van der Waals surface area contributed by atoms with Crippen molar-refractivity contribution in [3.63, 3.8) is 0 Å². The molecular weight excluding hydrogens is 348 g/mol. The topological polar surface area (TPSA) is 74.5 Å². The van der Waals surface area contributed by atoms with Gasteiger partial charge in [0, 0.05) is 36.6 Å². The maximum Gasteiger partial charge on any atom is 0.185 e. The van der Waals surface area contributed by atoms with Gasteiger partial charge in [0.1, 0.15) is 23.5 Å². The van der Waals surface area contributed by atoms with Crippen LogP contribution in [0.3, 0.4) is 0 Å². The molecule has 0 unspecified atom stereocenters. The molecule has 0 aliphatic heterocycles. The number of allylic oxidation sites excluding steroid dienone is 2. The summed E-state index contributed by atoms with van der Waals surface area (Å²) in [5.41, 5.74) is 6.49. The molecule has 2 aromatic heterocycles. The van der Waals surface area contributed by atoms with Gasteiger partial charge in [-0.2, -0.15) is 10.5 Å². The predicted molar refractivity (Wildman–Crippen MR) is 109 cm³/mol. The lowest BCUT2D eigenvalue weighted by molar-refractivity contribution is -0.113. The first-order chi connectivity index (χ1) is 13.3. The standard InChI is InChI=1S/C23H24N4O/c1-14-6-19(8-17-10-21(12-24)26(4)15(17)2)23(28)20(7-14)9-18-11-22(13-25)27(5)16(18)3/h8-11,14H,6-7H2,1-5H3/b19-8-,20-9-. The molecule has 5 heteroatoms. The fraction of sp³-hybridized carbons (Fsp3) is 0.348. The number of aromatic nitrogens is 2. The summed E-state index contributed by atoms with van der Waals surface area (Å²) in [6.45, 7) is 6.06. The first-order valence-corrected chi connectivity index (χ1v) is 9.35. The maximum atomic E-state index is 13.1. The molecule has 1 aliphatic rings. The second-order valence-corrected chi connectivity index (χ2v) is 7.66. The van der Waals surface area contributed by atoms with E-state index in [1.807, 2.05) is 61.4 Å². The zero-order chi connectivity index (χ0) is 20.6. The van der Waals surface area contributed by atoms with Crippen molar-refractivity contribution < 1.29 is 4.79 Å². The fourth-order valence-electron chi connectivity index (χ4n) is 3.79. The van der Waals surface area contributed by atoms with Crippen molar-refractivity contribution in [3.8, 4) is 12.1 Å². The van der Waals surface area contributed by atoms with Gasteiger partial charge >= 0.3 is 0 Å². The molecule has 0 atom stereocenters. The molecule has 0 radical (unpaired) electrons. The SMILES string of the molecule is Cc1c(/C=C2/CC(C)C/C(=C/c3cc(C#N)n(C)c3C)C2=O)cc(C#N)n1C. The van der Waals surface area contributed by atoms with Crippen LogP contribution in [0.25, 0.3) is 12.2 Å². The Kier molecular flexibility index (Phi) is 5.12. The van der Waals surface area contributed by atoms with Gasteiger partial charge in [-0.05, 0) is 68.0 Å². The highest BCUT2D eigenvalue weighted by Crippen LogP contribution is 2.33. The number of nitriles is 2. The summed E-state index contributed by atoms with van der Waals surface area (Å²) in [6.07, 6.45) is 5.31. The minimum absolute atomic E-state index is 0.0571. The molecule has 0 bridgehead atoms. The molecule has 142 valence electrons. The van der Waals surface area contributed by atoms with Crippen LogP contribution in [-0.4, -0.2) is 14.9 Å². The summed E-state index contributed by atoms with van der Waals surface area (Å²) >= 11 is 0. The molecule has 1 fully saturated rings. The Bertz CT molecular complexity index is 1020. The van der Waals surface area contributed by atoms with Gasteiger partial charge < -0.3 is 9.13 Å². The molecule has 0 aromatic carbocycles. The van der Waals surface area contributed by atoms with Crippen LogP contribution in [0.5, 0.6) is 0 Å². The van der Waals surface area contributed by atoms with E-state index in [2.05, 4.69) is 19.1 Å². The first kappa shape index (κ1) is 19.5. The molecule has 2 aromatic rings. The molecule has 5 nitrogen and oxygen atoms in total. The van der Waals surface area contributed by atoms with Gasteiger partial charge in [-0.25, -0.2) is 0 Å². The van der Waals surface area contributed by atoms with Crippen LogP contribution in [0, 0.1) is 42.4 Å². The summed E-state index contributed by atoms with van der Waals surface area (Å²) in [7, 11) is 3.72. The Hall–Kier alpha value is -3.31. The Morgan fingerprint density at radius 1 is 0.929 bits per heavy atom. The number of rotatable bonds is 2. The minimum Gasteiger partial charge on any atom is -0.339 e. The Balaban J connectivity index is 2.02. The van der Waals surface area contributed by atoms with E-state index in [-0.39, 0.29) is 5.78 Å². The predicted octanol–water partition coefficient (Wildman–Crippen LogP) is 4.19.